The lowest BCUT2D eigenvalue weighted by Gasteiger charge is -2.38. The van der Waals surface area contributed by atoms with Gasteiger partial charge in [-0.1, -0.05) is 20.8 Å². The van der Waals surface area contributed by atoms with E-state index in [-0.39, 0.29) is 17.2 Å². The number of aldehydes is 1. The van der Waals surface area contributed by atoms with Crippen molar-refractivity contribution >= 4 is 20.4 Å². The number of carbonyl (C=O) groups excluding carboxylic acids is 2. The lowest BCUT2D eigenvalue weighted by molar-refractivity contribution is -0.126. The maximum atomic E-state index is 11.3. The third kappa shape index (κ3) is 4.26. The second kappa shape index (κ2) is 5.03. The van der Waals surface area contributed by atoms with E-state index in [0.29, 0.717) is 0 Å². The summed E-state index contributed by atoms with van der Waals surface area (Å²) < 4.78 is 5.86. The largest absolute Gasteiger partial charge is 0.406 e. The normalized spacial score (nSPS) is 14.8. The van der Waals surface area contributed by atoms with E-state index in [1.807, 2.05) is 0 Å². The van der Waals surface area contributed by atoms with Gasteiger partial charge in [0, 0.05) is 6.42 Å². The van der Waals surface area contributed by atoms with Crippen molar-refractivity contribution in [1.82, 2.24) is 0 Å². The van der Waals surface area contributed by atoms with E-state index in [4.69, 9.17) is 4.43 Å². The first-order chi connectivity index (χ1) is 6.62. The summed E-state index contributed by atoms with van der Waals surface area (Å²) in [5, 5.41) is 0.0591. The highest BCUT2D eigenvalue weighted by molar-refractivity contribution is 6.74. The molecule has 0 spiro atoms. The predicted octanol–water partition coefficient (Wildman–Crippen LogP) is 2.55. The molecule has 0 aromatic heterocycles. The molecule has 0 aromatic carbocycles. The Morgan fingerprint density at radius 1 is 1.40 bits per heavy atom. The highest BCUT2D eigenvalue weighted by Gasteiger charge is 2.39. The zero-order chi connectivity index (χ0) is 12.3. The van der Waals surface area contributed by atoms with E-state index in [2.05, 4.69) is 33.9 Å². The van der Waals surface area contributed by atoms with E-state index < -0.39 is 14.4 Å². The van der Waals surface area contributed by atoms with Crippen LogP contribution in [0.3, 0.4) is 0 Å². The van der Waals surface area contributed by atoms with Gasteiger partial charge < -0.3 is 9.22 Å². The molecule has 0 saturated heterocycles. The van der Waals surface area contributed by atoms with Gasteiger partial charge in [0.1, 0.15) is 12.4 Å². The molecule has 0 aliphatic heterocycles. The maximum absolute atomic E-state index is 11.3. The van der Waals surface area contributed by atoms with E-state index in [1.165, 1.54) is 6.92 Å². The van der Waals surface area contributed by atoms with Gasteiger partial charge in [0.05, 0.1) is 0 Å². The van der Waals surface area contributed by atoms with Crippen LogP contribution in [0.4, 0.5) is 0 Å². The summed E-state index contributed by atoms with van der Waals surface area (Å²) in [6, 6.07) is 0. The molecule has 0 bridgehead atoms. The SMILES string of the molecule is CC(=O)C(CC=O)O[Si](C)(C)C(C)(C)C. The molecular weight excluding hydrogens is 208 g/mol. The van der Waals surface area contributed by atoms with Gasteiger partial charge in [-0.05, 0) is 25.1 Å². The Labute approximate surface area is 93.3 Å². The molecule has 0 aliphatic rings. The minimum atomic E-state index is -1.95. The fourth-order valence-electron chi connectivity index (χ4n) is 0.917. The van der Waals surface area contributed by atoms with Crippen LogP contribution in [0.5, 0.6) is 0 Å². The van der Waals surface area contributed by atoms with Crippen LogP contribution in [0, 0.1) is 0 Å². The average Bonchev–Trinajstić information content (AvgIpc) is 2.00. The first-order valence-electron chi connectivity index (χ1n) is 5.23. The predicted molar refractivity (Wildman–Crippen MR) is 63.4 cm³/mol. The third-order valence-corrected chi connectivity index (χ3v) is 7.49. The lowest BCUT2D eigenvalue weighted by Crippen LogP contribution is -2.45. The van der Waals surface area contributed by atoms with Crippen molar-refractivity contribution in [1.29, 1.82) is 0 Å². The van der Waals surface area contributed by atoms with Gasteiger partial charge in [-0.15, -0.1) is 0 Å². The Kier molecular flexibility index (Phi) is 4.87. The van der Waals surface area contributed by atoms with Gasteiger partial charge in [-0.3, -0.25) is 4.79 Å². The zero-order valence-electron chi connectivity index (χ0n) is 10.6. The summed E-state index contributed by atoms with van der Waals surface area (Å²) in [6.07, 6.45) is 0.365. The first kappa shape index (κ1) is 14.5. The highest BCUT2D eigenvalue weighted by Crippen LogP contribution is 2.37. The molecule has 0 aromatic rings. The van der Waals surface area contributed by atoms with Crippen LogP contribution in [0.15, 0.2) is 0 Å². The van der Waals surface area contributed by atoms with E-state index >= 15 is 0 Å². The number of hydrogen-bond acceptors (Lipinski definition) is 3. The van der Waals surface area contributed by atoms with Crippen molar-refractivity contribution in [2.24, 2.45) is 0 Å². The first-order valence-corrected chi connectivity index (χ1v) is 8.14. The molecule has 88 valence electrons. The monoisotopic (exact) mass is 230 g/mol. The van der Waals surface area contributed by atoms with Crippen LogP contribution in [0.1, 0.15) is 34.1 Å². The molecule has 0 aliphatic carbocycles. The molecule has 0 heterocycles. The molecule has 0 rings (SSSR count). The fourth-order valence-corrected chi connectivity index (χ4v) is 2.24. The van der Waals surface area contributed by atoms with Gasteiger partial charge in [-0.25, -0.2) is 0 Å². The quantitative estimate of drug-likeness (QED) is 0.538. The van der Waals surface area contributed by atoms with Crippen LogP contribution >= 0.6 is 0 Å². The second-order valence-corrected chi connectivity index (χ2v) is 10.1. The number of carbonyl (C=O) groups is 2. The number of hydrogen-bond donors (Lipinski definition) is 0. The zero-order valence-corrected chi connectivity index (χ0v) is 11.6. The fraction of sp³-hybridized carbons (Fsp3) is 0.818. The van der Waals surface area contributed by atoms with Crippen LogP contribution in [0.25, 0.3) is 0 Å². The van der Waals surface area contributed by atoms with Crippen molar-refractivity contribution < 1.29 is 14.0 Å². The van der Waals surface area contributed by atoms with E-state index in [1.54, 1.807) is 0 Å². The van der Waals surface area contributed by atoms with Crippen molar-refractivity contribution in [3.63, 3.8) is 0 Å². The molecule has 1 unspecified atom stereocenters. The standard InChI is InChI=1S/C11H22O3Si/c1-9(13)10(7-8-12)14-15(5,6)11(2,3)4/h8,10H,7H2,1-6H3. The summed E-state index contributed by atoms with van der Waals surface area (Å²) in [5.41, 5.74) is 0. The smallest absolute Gasteiger partial charge is 0.193 e. The van der Waals surface area contributed by atoms with Gasteiger partial charge in [-0.2, -0.15) is 0 Å². The van der Waals surface area contributed by atoms with Crippen LogP contribution < -0.4 is 0 Å². The molecule has 0 amide bonds. The Balaban J connectivity index is 4.66. The molecule has 0 radical (unpaired) electrons. The molecule has 1 atom stereocenters. The topological polar surface area (TPSA) is 43.4 Å². The number of rotatable bonds is 5. The van der Waals surface area contributed by atoms with E-state index in [0.717, 1.165) is 6.29 Å². The van der Waals surface area contributed by atoms with Crippen LogP contribution in [-0.2, 0) is 14.0 Å². The number of Topliss-reactive ketones (excluding diaryl/α,β-unsaturated/α-hetero) is 1. The Morgan fingerprint density at radius 2 is 1.87 bits per heavy atom. The molecule has 15 heavy (non-hydrogen) atoms. The van der Waals surface area contributed by atoms with Gasteiger partial charge >= 0.3 is 0 Å². The highest BCUT2D eigenvalue weighted by atomic mass is 28.4. The summed E-state index contributed by atoms with van der Waals surface area (Å²) in [6.45, 7) is 12.0. The summed E-state index contributed by atoms with van der Waals surface area (Å²) in [7, 11) is -1.95. The van der Waals surface area contributed by atoms with Crippen molar-refractivity contribution in [2.45, 2.75) is 58.4 Å². The number of ketones is 1. The summed E-state index contributed by atoms with van der Waals surface area (Å²) in [5.74, 6) is -0.0630. The Morgan fingerprint density at radius 3 is 2.13 bits per heavy atom. The van der Waals surface area contributed by atoms with Crippen LogP contribution in [0.2, 0.25) is 18.1 Å². The van der Waals surface area contributed by atoms with Gasteiger partial charge in [0.2, 0.25) is 0 Å². The Hall–Kier alpha value is -0.483. The van der Waals surface area contributed by atoms with E-state index in [9.17, 15) is 9.59 Å². The minimum Gasteiger partial charge on any atom is -0.406 e. The maximum Gasteiger partial charge on any atom is 0.193 e. The van der Waals surface area contributed by atoms with Crippen LogP contribution in [-0.4, -0.2) is 26.5 Å². The molecule has 3 nitrogen and oxygen atoms in total. The summed E-state index contributed by atoms with van der Waals surface area (Å²) >= 11 is 0. The summed E-state index contributed by atoms with van der Waals surface area (Å²) in [4.78, 5) is 21.7. The molecule has 0 saturated carbocycles. The Bertz CT molecular complexity index is 241. The van der Waals surface area contributed by atoms with Crippen molar-refractivity contribution in [3.05, 3.63) is 0 Å². The molecular formula is C11H22O3Si. The second-order valence-electron chi connectivity index (χ2n) is 5.38. The molecule has 0 fully saturated rings. The van der Waals surface area contributed by atoms with Crippen molar-refractivity contribution in [3.8, 4) is 0 Å². The average molecular weight is 230 g/mol. The van der Waals surface area contributed by atoms with Gasteiger partial charge in [0.25, 0.3) is 0 Å². The minimum absolute atomic E-state index is 0.0591. The lowest BCUT2D eigenvalue weighted by atomic mass is 10.2. The van der Waals surface area contributed by atoms with Crippen molar-refractivity contribution in [2.75, 3.05) is 0 Å². The van der Waals surface area contributed by atoms with Gasteiger partial charge in [0.15, 0.2) is 14.1 Å². The molecule has 0 N–H and O–H groups in total. The third-order valence-electron chi connectivity index (χ3n) is 3.01. The molecule has 4 heteroatoms.